The normalized spacial score (nSPS) is 8.85. The summed E-state index contributed by atoms with van der Waals surface area (Å²) in [6, 6.07) is 8.19. The average Bonchev–Trinajstić information content (AvgIpc) is 2.14. The van der Waals surface area contributed by atoms with Crippen molar-refractivity contribution in [3.05, 3.63) is 28.7 Å². The summed E-state index contributed by atoms with van der Waals surface area (Å²) in [6.07, 6.45) is 0. The summed E-state index contributed by atoms with van der Waals surface area (Å²) in [7, 11) is 2.03. The van der Waals surface area contributed by atoms with Gasteiger partial charge in [-0.1, -0.05) is 27.9 Å². The summed E-state index contributed by atoms with van der Waals surface area (Å²) >= 11 is 3.44. The van der Waals surface area contributed by atoms with Crippen LogP contribution in [0.1, 0.15) is 6.92 Å². The molecule has 0 amide bonds. The maximum Gasteiger partial charge on any atom is 0.0791 e. The predicted octanol–water partition coefficient (Wildman–Crippen LogP) is 2.91. The van der Waals surface area contributed by atoms with Crippen molar-refractivity contribution in [1.29, 1.82) is 0 Å². The summed E-state index contributed by atoms with van der Waals surface area (Å²) in [5, 5.41) is 0. The lowest BCUT2D eigenvalue weighted by Crippen LogP contribution is -2.16. The van der Waals surface area contributed by atoms with Gasteiger partial charge in [0.25, 0.3) is 0 Å². The first-order valence-electron chi connectivity index (χ1n) is 4.10. The van der Waals surface area contributed by atoms with Gasteiger partial charge in [0.1, 0.15) is 0 Å². The first-order valence-corrected chi connectivity index (χ1v) is 4.89. The zero-order chi connectivity index (χ0) is 9.68. The van der Waals surface area contributed by atoms with Crippen molar-refractivity contribution >= 4 is 21.6 Å². The molecule has 0 unspecified atom stereocenters. The van der Waals surface area contributed by atoms with E-state index in [1.54, 1.807) is 0 Å². The molecule has 1 nitrogen and oxygen atoms in total. The Morgan fingerprint density at radius 1 is 1.46 bits per heavy atom. The maximum atomic E-state index is 3.44. The van der Waals surface area contributed by atoms with Crippen LogP contribution >= 0.6 is 15.9 Å². The Labute approximate surface area is 87.9 Å². The van der Waals surface area contributed by atoms with Crippen LogP contribution in [0.15, 0.2) is 28.7 Å². The molecule has 0 spiro atoms. The lowest BCUT2D eigenvalue weighted by atomic mass is 10.3. The Bertz CT molecular complexity index is 335. The van der Waals surface area contributed by atoms with Crippen molar-refractivity contribution in [2.24, 2.45) is 0 Å². The molecular formula is C11H12BrN. The van der Waals surface area contributed by atoms with Crippen LogP contribution in [0.25, 0.3) is 0 Å². The molecule has 0 heterocycles. The van der Waals surface area contributed by atoms with Crippen molar-refractivity contribution in [3.63, 3.8) is 0 Å². The van der Waals surface area contributed by atoms with Crippen LogP contribution in [-0.4, -0.2) is 13.6 Å². The summed E-state index contributed by atoms with van der Waals surface area (Å²) in [5.74, 6) is 5.91. The number of benzene rings is 1. The third kappa shape index (κ3) is 3.12. The zero-order valence-electron chi connectivity index (χ0n) is 7.84. The molecule has 1 rings (SSSR count). The molecule has 0 atom stereocenters. The third-order valence-electron chi connectivity index (χ3n) is 1.74. The highest BCUT2D eigenvalue weighted by molar-refractivity contribution is 9.10. The van der Waals surface area contributed by atoms with Gasteiger partial charge in [-0.25, -0.2) is 0 Å². The highest BCUT2D eigenvalue weighted by Crippen LogP contribution is 2.18. The zero-order valence-corrected chi connectivity index (χ0v) is 9.43. The predicted molar refractivity (Wildman–Crippen MR) is 60.9 cm³/mol. The quantitative estimate of drug-likeness (QED) is 0.716. The monoisotopic (exact) mass is 237 g/mol. The van der Waals surface area contributed by atoms with Gasteiger partial charge in [0, 0.05) is 17.2 Å². The van der Waals surface area contributed by atoms with Crippen LogP contribution in [-0.2, 0) is 0 Å². The number of anilines is 1. The van der Waals surface area contributed by atoms with Crippen molar-refractivity contribution in [2.75, 3.05) is 18.5 Å². The van der Waals surface area contributed by atoms with E-state index in [4.69, 9.17) is 0 Å². The molecule has 0 aliphatic rings. The molecule has 68 valence electrons. The van der Waals surface area contributed by atoms with E-state index in [-0.39, 0.29) is 0 Å². The highest BCUT2D eigenvalue weighted by Gasteiger charge is 1.97. The van der Waals surface area contributed by atoms with Gasteiger partial charge in [-0.05, 0) is 25.1 Å². The molecule has 0 saturated heterocycles. The van der Waals surface area contributed by atoms with Gasteiger partial charge in [-0.3, -0.25) is 0 Å². The van der Waals surface area contributed by atoms with E-state index >= 15 is 0 Å². The standard InChI is InChI=1S/C11H12BrN/c1-3-4-8-13(2)11-7-5-6-10(12)9-11/h5-7,9H,8H2,1-2H3. The molecule has 0 aromatic heterocycles. The molecule has 0 fully saturated rings. The Balaban J connectivity index is 2.74. The Morgan fingerprint density at radius 3 is 2.85 bits per heavy atom. The maximum absolute atomic E-state index is 3.44. The largest absolute Gasteiger partial charge is 0.363 e. The van der Waals surface area contributed by atoms with E-state index < -0.39 is 0 Å². The minimum atomic E-state index is 0.771. The summed E-state index contributed by atoms with van der Waals surface area (Å²) in [5.41, 5.74) is 1.18. The van der Waals surface area contributed by atoms with Gasteiger partial charge in [0.2, 0.25) is 0 Å². The average molecular weight is 238 g/mol. The van der Waals surface area contributed by atoms with Crippen molar-refractivity contribution in [1.82, 2.24) is 0 Å². The van der Waals surface area contributed by atoms with Gasteiger partial charge in [0.15, 0.2) is 0 Å². The fourth-order valence-electron chi connectivity index (χ4n) is 1.00. The van der Waals surface area contributed by atoms with E-state index in [1.165, 1.54) is 5.69 Å². The van der Waals surface area contributed by atoms with Gasteiger partial charge in [0.05, 0.1) is 6.54 Å². The number of nitrogens with zero attached hydrogens (tertiary/aromatic N) is 1. The smallest absolute Gasteiger partial charge is 0.0791 e. The Kier molecular flexibility index (Phi) is 3.85. The molecular weight excluding hydrogens is 226 g/mol. The molecule has 0 N–H and O–H groups in total. The van der Waals surface area contributed by atoms with E-state index in [1.807, 2.05) is 26.1 Å². The molecule has 0 saturated carbocycles. The van der Waals surface area contributed by atoms with Crippen molar-refractivity contribution < 1.29 is 0 Å². The van der Waals surface area contributed by atoms with E-state index in [9.17, 15) is 0 Å². The molecule has 0 radical (unpaired) electrons. The van der Waals surface area contributed by atoms with Crippen LogP contribution in [0.3, 0.4) is 0 Å². The van der Waals surface area contributed by atoms with Crippen LogP contribution in [0, 0.1) is 11.8 Å². The van der Waals surface area contributed by atoms with Crippen LogP contribution < -0.4 is 4.90 Å². The van der Waals surface area contributed by atoms with Gasteiger partial charge in [-0.15, -0.1) is 5.92 Å². The van der Waals surface area contributed by atoms with Crippen molar-refractivity contribution in [2.45, 2.75) is 6.92 Å². The number of halogens is 1. The lowest BCUT2D eigenvalue weighted by molar-refractivity contribution is 1.05. The second-order valence-corrected chi connectivity index (χ2v) is 3.68. The lowest BCUT2D eigenvalue weighted by Gasteiger charge is -2.15. The highest BCUT2D eigenvalue weighted by atomic mass is 79.9. The second kappa shape index (κ2) is 4.94. The summed E-state index contributed by atoms with van der Waals surface area (Å²) in [4.78, 5) is 2.11. The van der Waals surface area contributed by atoms with Crippen molar-refractivity contribution in [3.8, 4) is 11.8 Å². The van der Waals surface area contributed by atoms with E-state index in [2.05, 4.69) is 44.8 Å². The Hall–Kier alpha value is -0.940. The molecule has 0 aliphatic heterocycles. The van der Waals surface area contributed by atoms with E-state index in [0.29, 0.717) is 0 Å². The summed E-state index contributed by atoms with van der Waals surface area (Å²) < 4.78 is 1.10. The topological polar surface area (TPSA) is 3.24 Å². The Morgan fingerprint density at radius 2 is 2.23 bits per heavy atom. The van der Waals surface area contributed by atoms with Gasteiger partial charge >= 0.3 is 0 Å². The molecule has 0 aliphatic carbocycles. The molecule has 2 heteroatoms. The summed E-state index contributed by atoms with van der Waals surface area (Å²) in [6.45, 7) is 2.63. The van der Waals surface area contributed by atoms with Gasteiger partial charge in [-0.2, -0.15) is 0 Å². The van der Waals surface area contributed by atoms with Crippen LogP contribution in [0.5, 0.6) is 0 Å². The fourth-order valence-corrected chi connectivity index (χ4v) is 1.39. The van der Waals surface area contributed by atoms with Gasteiger partial charge < -0.3 is 4.90 Å². The van der Waals surface area contributed by atoms with E-state index in [0.717, 1.165) is 11.0 Å². The fraction of sp³-hybridized carbons (Fsp3) is 0.273. The second-order valence-electron chi connectivity index (χ2n) is 2.76. The molecule has 1 aromatic carbocycles. The third-order valence-corrected chi connectivity index (χ3v) is 2.24. The molecule has 1 aromatic rings. The number of hydrogen-bond acceptors (Lipinski definition) is 1. The number of rotatable bonds is 2. The first kappa shape index (κ1) is 10.1. The molecule has 0 bridgehead atoms. The SMILES string of the molecule is CC#CCN(C)c1cccc(Br)c1. The van der Waals surface area contributed by atoms with Crippen LogP contribution in [0.4, 0.5) is 5.69 Å². The number of hydrogen-bond donors (Lipinski definition) is 0. The minimum absolute atomic E-state index is 0.771. The van der Waals surface area contributed by atoms with Crippen LogP contribution in [0.2, 0.25) is 0 Å². The minimum Gasteiger partial charge on any atom is -0.363 e. The first-order chi connectivity index (χ1) is 6.24. The molecule has 13 heavy (non-hydrogen) atoms.